The molecule has 1 unspecified atom stereocenters. The van der Waals surface area contributed by atoms with E-state index in [9.17, 15) is 4.79 Å². The first-order valence-electron chi connectivity index (χ1n) is 7.27. The monoisotopic (exact) mass is 260 g/mol. The second kappa shape index (κ2) is 6.60. The van der Waals surface area contributed by atoms with Crippen LogP contribution in [0.3, 0.4) is 0 Å². The van der Waals surface area contributed by atoms with Crippen LogP contribution < -0.4 is 5.73 Å². The summed E-state index contributed by atoms with van der Waals surface area (Å²) in [6.07, 6.45) is 4.97. The quantitative estimate of drug-likeness (QED) is 0.846. The lowest BCUT2D eigenvalue weighted by Gasteiger charge is -2.20. The molecule has 0 aromatic heterocycles. The minimum atomic E-state index is 0.335. The fourth-order valence-electron chi connectivity index (χ4n) is 2.57. The van der Waals surface area contributed by atoms with E-state index in [0.29, 0.717) is 11.8 Å². The molecule has 1 aromatic rings. The van der Waals surface area contributed by atoms with Crippen molar-refractivity contribution in [2.75, 3.05) is 18.8 Å². The maximum Gasteiger partial charge on any atom is 0.222 e. The number of carbonyl (C=O) groups excluding carboxylic acids is 1. The molecule has 0 aliphatic carbocycles. The number of anilines is 1. The van der Waals surface area contributed by atoms with Crippen LogP contribution in [-0.4, -0.2) is 23.9 Å². The van der Waals surface area contributed by atoms with Crippen LogP contribution in [0.1, 0.15) is 38.2 Å². The standard InChI is InChI=1S/C16H24N2O/c1-13-4-9-16(19)18(12-10-13)11-2-3-14-5-7-15(17)8-6-14/h5-8,13H,2-4,9-12,17H2,1H3. The first kappa shape index (κ1) is 13.9. The van der Waals surface area contributed by atoms with E-state index in [0.717, 1.165) is 50.9 Å². The van der Waals surface area contributed by atoms with Crippen LogP contribution in [0, 0.1) is 5.92 Å². The first-order valence-corrected chi connectivity index (χ1v) is 7.27. The van der Waals surface area contributed by atoms with E-state index >= 15 is 0 Å². The number of amides is 1. The average molecular weight is 260 g/mol. The highest BCUT2D eigenvalue weighted by molar-refractivity contribution is 5.76. The average Bonchev–Trinajstić information content (AvgIpc) is 2.56. The zero-order valence-corrected chi connectivity index (χ0v) is 11.8. The topological polar surface area (TPSA) is 46.3 Å². The molecule has 1 amide bonds. The molecule has 1 saturated heterocycles. The summed E-state index contributed by atoms with van der Waals surface area (Å²) in [7, 11) is 0. The molecule has 3 nitrogen and oxygen atoms in total. The molecule has 0 bridgehead atoms. The highest BCUT2D eigenvalue weighted by Crippen LogP contribution is 2.18. The van der Waals surface area contributed by atoms with Crippen molar-refractivity contribution in [3.05, 3.63) is 29.8 Å². The van der Waals surface area contributed by atoms with Crippen LogP contribution in [0.4, 0.5) is 5.69 Å². The molecule has 1 aliphatic heterocycles. The SMILES string of the molecule is CC1CCC(=O)N(CCCc2ccc(N)cc2)CC1. The molecule has 104 valence electrons. The molecule has 1 aromatic carbocycles. The summed E-state index contributed by atoms with van der Waals surface area (Å²) in [5.74, 6) is 1.02. The maximum atomic E-state index is 12.0. The smallest absolute Gasteiger partial charge is 0.222 e. The van der Waals surface area contributed by atoms with Gasteiger partial charge in [-0.3, -0.25) is 4.79 Å². The Morgan fingerprint density at radius 3 is 2.74 bits per heavy atom. The number of carbonyl (C=O) groups is 1. The molecule has 2 rings (SSSR count). The van der Waals surface area contributed by atoms with E-state index in [-0.39, 0.29) is 0 Å². The number of hydrogen-bond acceptors (Lipinski definition) is 2. The Morgan fingerprint density at radius 1 is 1.26 bits per heavy atom. The summed E-state index contributed by atoms with van der Waals surface area (Å²) < 4.78 is 0. The summed E-state index contributed by atoms with van der Waals surface area (Å²) in [5.41, 5.74) is 7.77. The number of rotatable bonds is 4. The predicted molar refractivity (Wildman–Crippen MR) is 78.8 cm³/mol. The van der Waals surface area contributed by atoms with Gasteiger partial charge in [-0.2, -0.15) is 0 Å². The minimum absolute atomic E-state index is 0.335. The van der Waals surface area contributed by atoms with Gasteiger partial charge in [0.15, 0.2) is 0 Å². The van der Waals surface area contributed by atoms with Crippen LogP contribution in [0.15, 0.2) is 24.3 Å². The highest BCUT2D eigenvalue weighted by Gasteiger charge is 2.19. The van der Waals surface area contributed by atoms with Gasteiger partial charge >= 0.3 is 0 Å². The van der Waals surface area contributed by atoms with Crippen LogP contribution in [-0.2, 0) is 11.2 Å². The van der Waals surface area contributed by atoms with Crippen molar-refractivity contribution in [3.63, 3.8) is 0 Å². The van der Waals surface area contributed by atoms with Gasteiger partial charge in [-0.25, -0.2) is 0 Å². The van der Waals surface area contributed by atoms with Gasteiger partial charge in [-0.05, 0) is 49.3 Å². The summed E-state index contributed by atoms with van der Waals surface area (Å²) in [5, 5.41) is 0. The molecule has 0 spiro atoms. The third-order valence-corrected chi connectivity index (χ3v) is 3.97. The van der Waals surface area contributed by atoms with Gasteiger partial charge < -0.3 is 10.6 Å². The van der Waals surface area contributed by atoms with Gasteiger partial charge in [-0.1, -0.05) is 19.1 Å². The van der Waals surface area contributed by atoms with Crippen LogP contribution in [0.25, 0.3) is 0 Å². The van der Waals surface area contributed by atoms with Gasteiger partial charge in [0.2, 0.25) is 5.91 Å². The Hall–Kier alpha value is -1.51. The number of aryl methyl sites for hydroxylation is 1. The van der Waals surface area contributed by atoms with Gasteiger partial charge in [0.1, 0.15) is 0 Å². The number of likely N-dealkylation sites (tertiary alicyclic amines) is 1. The predicted octanol–water partition coefficient (Wildman–Crippen LogP) is 2.85. The van der Waals surface area contributed by atoms with Crippen LogP contribution >= 0.6 is 0 Å². The lowest BCUT2D eigenvalue weighted by atomic mass is 10.0. The molecular weight excluding hydrogens is 236 g/mol. The number of hydrogen-bond donors (Lipinski definition) is 1. The summed E-state index contributed by atoms with van der Waals surface area (Å²) in [6, 6.07) is 8.02. The summed E-state index contributed by atoms with van der Waals surface area (Å²) in [4.78, 5) is 14.0. The molecule has 3 heteroatoms. The van der Waals surface area contributed by atoms with E-state index in [1.807, 2.05) is 17.0 Å². The van der Waals surface area contributed by atoms with Crippen molar-refractivity contribution in [2.24, 2.45) is 5.92 Å². The van der Waals surface area contributed by atoms with Crippen molar-refractivity contribution >= 4 is 11.6 Å². The number of nitrogens with two attached hydrogens (primary N) is 1. The van der Waals surface area contributed by atoms with Gasteiger partial charge in [0.25, 0.3) is 0 Å². The second-order valence-electron chi connectivity index (χ2n) is 5.66. The Kier molecular flexibility index (Phi) is 4.83. The zero-order chi connectivity index (χ0) is 13.7. The molecule has 0 saturated carbocycles. The first-order chi connectivity index (χ1) is 9.15. The van der Waals surface area contributed by atoms with Crippen LogP contribution in [0.5, 0.6) is 0 Å². The molecule has 19 heavy (non-hydrogen) atoms. The molecule has 0 radical (unpaired) electrons. The fraction of sp³-hybridized carbons (Fsp3) is 0.562. The second-order valence-corrected chi connectivity index (χ2v) is 5.66. The lowest BCUT2D eigenvalue weighted by Crippen LogP contribution is -2.31. The zero-order valence-electron chi connectivity index (χ0n) is 11.8. The molecule has 1 atom stereocenters. The highest BCUT2D eigenvalue weighted by atomic mass is 16.2. The summed E-state index contributed by atoms with van der Waals surface area (Å²) in [6.45, 7) is 4.06. The van der Waals surface area contributed by atoms with E-state index in [1.165, 1.54) is 5.56 Å². The molecule has 1 heterocycles. The number of nitrogen functional groups attached to an aromatic ring is 1. The Bertz CT molecular complexity index is 413. The van der Waals surface area contributed by atoms with Gasteiger partial charge in [0, 0.05) is 25.2 Å². The number of nitrogens with zero attached hydrogens (tertiary/aromatic N) is 1. The van der Waals surface area contributed by atoms with Gasteiger partial charge in [-0.15, -0.1) is 0 Å². The normalized spacial score (nSPS) is 20.4. The maximum absolute atomic E-state index is 12.0. The largest absolute Gasteiger partial charge is 0.399 e. The molecule has 1 fully saturated rings. The van der Waals surface area contributed by atoms with E-state index < -0.39 is 0 Å². The Balaban J connectivity index is 1.78. The summed E-state index contributed by atoms with van der Waals surface area (Å²) >= 11 is 0. The van der Waals surface area contributed by atoms with Crippen molar-refractivity contribution in [3.8, 4) is 0 Å². The Labute approximate surface area is 115 Å². The lowest BCUT2D eigenvalue weighted by molar-refractivity contribution is -0.130. The fourth-order valence-corrected chi connectivity index (χ4v) is 2.57. The third-order valence-electron chi connectivity index (χ3n) is 3.97. The molecule has 2 N–H and O–H groups in total. The van der Waals surface area contributed by atoms with E-state index in [4.69, 9.17) is 5.73 Å². The third kappa shape index (κ3) is 4.27. The van der Waals surface area contributed by atoms with Crippen molar-refractivity contribution in [1.82, 2.24) is 4.90 Å². The molecule has 1 aliphatic rings. The van der Waals surface area contributed by atoms with Crippen molar-refractivity contribution in [1.29, 1.82) is 0 Å². The van der Waals surface area contributed by atoms with E-state index in [1.54, 1.807) is 0 Å². The van der Waals surface area contributed by atoms with Gasteiger partial charge in [0.05, 0.1) is 0 Å². The number of benzene rings is 1. The van der Waals surface area contributed by atoms with Crippen molar-refractivity contribution < 1.29 is 4.79 Å². The van der Waals surface area contributed by atoms with Crippen molar-refractivity contribution in [2.45, 2.75) is 39.0 Å². The Morgan fingerprint density at radius 2 is 2.00 bits per heavy atom. The molecular formula is C16H24N2O. The van der Waals surface area contributed by atoms with E-state index in [2.05, 4.69) is 19.1 Å². The van der Waals surface area contributed by atoms with Crippen LogP contribution in [0.2, 0.25) is 0 Å². The minimum Gasteiger partial charge on any atom is -0.399 e.